The van der Waals surface area contributed by atoms with E-state index in [1.807, 2.05) is 30.3 Å². The van der Waals surface area contributed by atoms with Crippen LogP contribution in [0.15, 0.2) is 48.5 Å². The molecule has 3 rings (SSSR count). The number of nitrogens with zero attached hydrogens (tertiary/aromatic N) is 4. The number of rotatable bonds is 2. The molecule has 0 bridgehead atoms. The van der Waals surface area contributed by atoms with E-state index in [0.29, 0.717) is 11.4 Å². The van der Waals surface area contributed by atoms with Crippen molar-refractivity contribution < 1.29 is 43.5 Å². The van der Waals surface area contributed by atoms with Gasteiger partial charge in [-0.3, -0.25) is 0 Å². The second-order valence-corrected chi connectivity index (χ2v) is 4.40. The number of benzene rings is 2. The maximum absolute atomic E-state index is 12.5. The molecule has 147 valence electrons. The minimum atomic E-state index is -4.40. The van der Waals surface area contributed by atoms with Crippen LogP contribution < -0.4 is 0 Å². The maximum atomic E-state index is 12.5. The fraction of sp³-hybridized carbons (Fsp3) is 0.176. The third-order valence-electron chi connectivity index (χ3n) is 2.89. The van der Waals surface area contributed by atoms with Crippen molar-refractivity contribution in [1.29, 1.82) is 0 Å². The quantitative estimate of drug-likeness (QED) is 0.471. The van der Waals surface area contributed by atoms with Crippen LogP contribution in [0.2, 0.25) is 0 Å². The SMILES string of the molecule is CO.CO.FC(F)(F)c1c[c-]c(-c2nnc(-c3ccccc3)nn2)cc1.[Ir]. The third kappa shape index (κ3) is 7.10. The molecule has 1 heterocycles. The first-order valence-corrected chi connectivity index (χ1v) is 7.15. The van der Waals surface area contributed by atoms with E-state index >= 15 is 0 Å². The molecular formula is C17H16F3IrN4O2-. The van der Waals surface area contributed by atoms with Gasteiger partial charge in [-0.15, -0.1) is 40.0 Å². The van der Waals surface area contributed by atoms with Crippen LogP contribution in [0.1, 0.15) is 5.56 Å². The van der Waals surface area contributed by atoms with Crippen molar-refractivity contribution in [1.82, 2.24) is 20.4 Å². The van der Waals surface area contributed by atoms with E-state index in [1.54, 1.807) is 0 Å². The zero-order valence-electron chi connectivity index (χ0n) is 14.3. The number of halogens is 3. The topological polar surface area (TPSA) is 92.0 Å². The number of hydrogen-bond acceptors (Lipinski definition) is 6. The van der Waals surface area contributed by atoms with Gasteiger partial charge in [0.15, 0.2) is 0 Å². The van der Waals surface area contributed by atoms with Gasteiger partial charge in [-0.1, -0.05) is 30.3 Å². The first-order chi connectivity index (χ1) is 12.5. The van der Waals surface area contributed by atoms with Crippen molar-refractivity contribution in [3.63, 3.8) is 0 Å². The molecule has 2 N–H and O–H groups in total. The van der Waals surface area contributed by atoms with Crippen LogP contribution in [0.5, 0.6) is 0 Å². The number of hydrogen-bond donors (Lipinski definition) is 2. The summed E-state index contributed by atoms with van der Waals surface area (Å²) in [6.45, 7) is 0. The Morgan fingerprint density at radius 3 is 1.74 bits per heavy atom. The molecule has 0 aliphatic rings. The molecule has 0 saturated heterocycles. The smallest absolute Gasteiger partial charge is 0.381 e. The Hall–Kier alpha value is -2.26. The summed E-state index contributed by atoms with van der Waals surface area (Å²) in [6.07, 6.45) is -4.40. The van der Waals surface area contributed by atoms with Gasteiger partial charge in [0.1, 0.15) is 5.82 Å². The Bertz CT molecular complexity index is 771. The molecule has 3 aromatic rings. The number of aromatic nitrogens is 4. The molecule has 1 aromatic heterocycles. The first kappa shape index (κ1) is 24.7. The Labute approximate surface area is 167 Å². The van der Waals surface area contributed by atoms with E-state index in [9.17, 15) is 13.2 Å². The molecular weight excluding hydrogens is 541 g/mol. The average molecular weight is 558 g/mol. The summed E-state index contributed by atoms with van der Waals surface area (Å²) in [7, 11) is 2.00. The minimum absolute atomic E-state index is 0. The number of aliphatic hydroxyl groups excluding tert-OH is 2. The molecule has 0 amide bonds. The van der Waals surface area contributed by atoms with Crippen molar-refractivity contribution in [2.75, 3.05) is 14.2 Å². The predicted octanol–water partition coefficient (Wildman–Crippen LogP) is 2.63. The van der Waals surface area contributed by atoms with Crippen molar-refractivity contribution in [2.45, 2.75) is 6.18 Å². The van der Waals surface area contributed by atoms with E-state index in [-0.39, 0.29) is 25.9 Å². The standard InChI is InChI=1S/C15H8F3N4.2CH4O.Ir/c16-15(17,18)12-8-6-11(7-9-12)14-21-19-13(20-22-14)10-4-2-1-3-5-10;2*1-2;/h1-6,8-9H;2*2H,1H3;/q-1;;;. The molecule has 6 nitrogen and oxygen atoms in total. The molecule has 10 heteroatoms. The molecule has 0 atom stereocenters. The van der Waals surface area contributed by atoms with Crippen LogP contribution in [-0.2, 0) is 26.3 Å². The van der Waals surface area contributed by atoms with Gasteiger partial charge in [-0.05, 0) is 5.56 Å². The molecule has 27 heavy (non-hydrogen) atoms. The van der Waals surface area contributed by atoms with Crippen LogP contribution in [-0.4, -0.2) is 44.8 Å². The second-order valence-electron chi connectivity index (χ2n) is 4.40. The summed E-state index contributed by atoms with van der Waals surface area (Å²) in [5, 5.41) is 29.6. The zero-order valence-corrected chi connectivity index (χ0v) is 16.7. The van der Waals surface area contributed by atoms with E-state index in [1.165, 1.54) is 6.07 Å². The molecule has 0 aliphatic carbocycles. The van der Waals surface area contributed by atoms with E-state index in [0.717, 1.165) is 31.9 Å². The van der Waals surface area contributed by atoms with E-state index in [4.69, 9.17) is 10.2 Å². The van der Waals surface area contributed by atoms with Gasteiger partial charge in [0.05, 0.1) is 0 Å². The summed E-state index contributed by atoms with van der Waals surface area (Å²) >= 11 is 0. The van der Waals surface area contributed by atoms with Gasteiger partial charge >= 0.3 is 6.18 Å². The minimum Gasteiger partial charge on any atom is -0.400 e. The first-order valence-electron chi connectivity index (χ1n) is 7.15. The second kappa shape index (κ2) is 12.2. The molecule has 0 spiro atoms. The number of aliphatic hydroxyl groups is 2. The summed E-state index contributed by atoms with van der Waals surface area (Å²) in [4.78, 5) is 0. The van der Waals surface area contributed by atoms with Gasteiger partial charge in [-0.2, -0.15) is 23.4 Å². The largest absolute Gasteiger partial charge is 0.400 e. The van der Waals surface area contributed by atoms with Crippen LogP contribution in [0.4, 0.5) is 13.2 Å². The molecule has 0 fully saturated rings. The van der Waals surface area contributed by atoms with Crippen LogP contribution in [0, 0.1) is 6.07 Å². The van der Waals surface area contributed by atoms with Crippen molar-refractivity contribution in [3.05, 3.63) is 60.2 Å². The monoisotopic (exact) mass is 558 g/mol. The molecule has 0 unspecified atom stereocenters. The maximum Gasteiger partial charge on any atom is 0.381 e. The normalized spacial score (nSPS) is 9.74. The summed E-state index contributed by atoms with van der Waals surface area (Å²) in [5.41, 5.74) is 0.274. The Morgan fingerprint density at radius 2 is 1.30 bits per heavy atom. The van der Waals surface area contributed by atoms with Crippen molar-refractivity contribution >= 4 is 0 Å². The van der Waals surface area contributed by atoms with Crippen LogP contribution in [0.25, 0.3) is 22.8 Å². The average Bonchev–Trinajstić information content (AvgIpc) is 2.71. The fourth-order valence-corrected chi connectivity index (χ4v) is 1.78. The Morgan fingerprint density at radius 1 is 0.778 bits per heavy atom. The van der Waals surface area contributed by atoms with Crippen LogP contribution in [0.3, 0.4) is 0 Å². The molecule has 2 aromatic carbocycles. The Kier molecular flexibility index (Phi) is 11.2. The fourth-order valence-electron chi connectivity index (χ4n) is 1.78. The zero-order chi connectivity index (χ0) is 19.6. The predicted molar refractivity (Wildman–Crippen MR) is 88.6 cm³/mol. The summed E-state index contributed by atoms with van der Waals surface area (Å²) in [5.74, 6) is 0.463. The molecule has 1 radical (unpaired) electrons. The van der Waals surface area contributed by atoms with Crippen molar-refractivity contribution in [3.8, 4) is 22.8 Å². The van der Waals surface area contributed by atoms with Crippen molar-refractivity contribution in [2.24, 2.45) is 0 Å². The Balaban J connectivity index is 0.00000127. The van der Waals surface area contributed by atoms with Gasteiger partial charge in [0.2, 0.25) is 5.82 Å². The summed E-state index contributed by atoms with van der Waals surface area (Å²) < 4.78 is 37.5. The van der Waals surface area contributed by atoms with E-state index < -0.39 is 11.7 Å². The van der Waals surface area contributed by atoms with Gasteiger partial charge in [0, 0.05) is 39.9 Å². The summed E-state index contributed by atoms with van der Waals surface area (Å²) in [6, 6.07) is 14.7. The molecule has 0 saturated carbocycles. The number of alkyl halides is 3. The molecule has 0 aliphatic heterocycles. The van der Waals surface area contributed by atoms with Gasteiger partial charge < -0.3 is 10.2 Å². The van der Waals surface area contributed by atoms with Gasteiger partial charge in [-0.25, -0.2) is 0 Å². The van der Waals surface area contributed by atoms with Crippen LogP contribution >= 0.6 is 0 Å². The van der Waals surface area contributed by atoms with E-state index in [2.05, 4.69) is 26.5 Å². The van der Waals surface area contributed by atoms with Gasteiger partial charge in [0.25, 0.3) is 0 Å². The third-order valence-corrected chi connectivity index (χ3v) is 2.89.